The third-order valence-electron chi connectivity index (χ3n) is 5.11. The number of hydrogen-bond acceptors (Lipinski definition) is 7. The topological polar surface area (TPSA) is 64.6 Å². The third kappa shape index (κ3) is 20.5. The molecule has 0 bridgehead atoms. The second kappa shape index (κ2) is 25.6. The number of unbranched alkanes of at least 4 members (excludes halogenated alkanes) is 15. The van der Waals surface area contributed by atoms with Crippen molar-refractivity contribution < 1.29 is 32.8 Å². The van der Waals surface area contributed by atoms with Crippen molar-refractivity contribution in [2.24, 2.45) is 0 Å². The fourth-order valence-corrected chi connectivity index (χ4v) is 4.76. The van der Waals surface area contributed by atoms with Crippen LogP contribution < -0.4 is 0 Å². The van der Waals surface area contributed by atoms with Crippen LogP contribution in [0.1, 0.15) is 130 Å². The van der Waals surface area contributed by atoms with Crippen molar-refractivity contribution in [1.29, 1.82) is 0 Å². The molecule has 0 aliphatic rings. The molecule has 0 atom stereocenters. The summed E-state index contributed by atoms with van der Waals surface area (Å²) in [6.45, 7) is 9.13. The Balaban J connectivity index is 3.67. The summed E-state index contributed by atoms with van der Waals surface area (Å²) in [5, 5.41) is 0. The summed E-state index contributed by atoms with van der Waals surface area (Å²) in [6.07, 6.45) is 21.2. The van der Waals surface area contributed by atoms with Crippen molar-refractivity contribution in [3.8, 4) is 0 Å². The Morgan fingerprint density at radius 1 is 0.406 bits per heavy atom. The van der Waals surface area contributed by atoms with Crippen LogP contribution in [0.5, 0.6) is 0 Å². The second-order valence-electron chi connectivity index (χ2n) is 8.12. The van der Waals surface area contributed by atoms with E-state index in [1.165, 1.54) is 89.9 Å². The Bertz CT molecular complexity index is 339. The predicted octanol–water partition coefficient (Wildman–Crippen LogP) is 7.60. The zero-order valence-electron chi connectivity index (χ0n) is 21.5. The minimum absolute atomic E-state index is 0.335. The van der Waals surface area contributed by atoms with Gasteiger partial charge in [0.05, 0.1) is 19.8 Å². The SMILES string of the molecule is CCCCCCCCCCCCCCCCCCO[Si](OOCC)(OOCC)OOCC. The maximum atomic E-state index is 5.75. The summed E-state index contributed by atoms with van der Waals surface area (Å²) >= 11 is 0. The minimum atomic E-state index is -3.63. The van der Waals surface area contributed by atoms with Crippen molar-refractivity contribution in [3.05, 3.63) is 0 Å². The van der Waals surface area contributed by atoms with Crippen LogP contribution in [0.3, 0.4) is 0 Å². The van der Waals surface area contributed by atoms with Crippen molar-refractivity contribution in [3.63, 3.8) is 0 Å². The van der Waals surface area contributed by atoms with Crippen LogP contribution in [0.15, 0.2) is 0 Å². The van der Waals surface area contributed by atoms with Gasteiger partial charge < -0.3 is 4.43 Å². The normalized spacial score (nSPS) is 12.0. The van der Waals surface area contributed by atoms with E-state index in [4.69, 9.17) is 32.8 Å². The molecule has 0 fully saturated rings. The van der Waals surface area contributed by atoms with Crippen LogP contribution in [0.25, 0.3) is 0 Å². The first-order chi connectivity index (χ1) is 15.7. The summed E-state index contributed by atoms with van der Waals surface area (Å²) in [7, 11) is -3.63. The lowest BCUT2D eigenvalue weighted by atomic mass is 10.0. The summed E-state index contributed by atoms with van der Waals surface area (Å²) in [5.74, 6) is 0. The first-order valence-corrected chi connectivity index (χ1v) is 14.9. The highest BCUT2D eigenvalue weighted by Gasteiger charge is 2.52. The quantitative estimate of drug-likeness (QED) is 0.0519. The average Bonchev–Trinajstić information content (AvgIpc) is 2.81. The second-order valence-corrected chi connectivity index (χ2v) is 9.91. The first-order valence-electron chi connectivity index (χ1n) is 13.3. The molecule has 7 nitrogen and oxygen atoms in total. The molecule has 0 aliphatic heterocycles. The largest absolute Gasteiger partial charge is 0.764 e. The van der Waals surface area contributed by atoms with Crippen LogP contribution in [-0.4, -0.2) is 35.5 Å². The molecule has 0 unspecified atom stereocenters. The summed E-state index contributed by atoms with van der Waals surface area (Å²) < 4.78 is 21.5. The molecule has 0 aromatic heterocycles. The smallest absolute Gasteiger partial charge is 0.347 e. The fraction of sp³-hybridized carbons (Fsp3) is 1.00. The molecule has 0 spiro atoms. The highest BCUT2D eigenvalue weighted by Crippen LogP contribution is 2.16. The van der Waals surface area contributed by atoms with Gasteiger partial charge in [0, 0.05) is 6.61 Å². The lowest BCUT2D eigenvalue weighted by Gasteiger charge is -2.23. The van der Waals surface area contributed by atoms with Gasteiger partial charge in [-0.3, -0.25) is 0 Å². The van der Waals surface area contributed by atoms with E-state index in [0.717, 1.165) is 12.8 Å². The molecule has 0 radical (unpaired) electrons. The van der Waals surface area contributed by atoms with Gasteiger partial charge in [-0.05, 0) is 27.2 Å². The van der Waals surface area contributed by atoms with Gasteiger partial charge in [-0.25, -0.2) is 14.7 Å². The first kappa shape index (κ1) is 31.9. The standard InChI is InChI=1S/C24H52O7Si/c1-5-9-10-11-12-13-14-15-16-17-18-19-20-21-22-23-24-28-32(29-25-6-2,30-26-7-3)31-27-8-4/h5-24H2,1-4H3. The summed E-state index contributed by atoms with van der Waals surface area (Å²) in [4.78, 5) is 15.0. The molecule has 194 valence electrons. The Morgan fingerprint density at radius 3 is 1.03 bits per heavy atom. The molecule has 0 rings (SSSR count). The van der Waals surface area contributed by atoms with E-state index in [1.807, 2.05) is 0 Å². The zero-order valence-corrected chi connectivity index (χ0v) is 22.5. The molecule has 0 saturated heterocycles. The Kier molecular flexibility index (Phi) is 25.5. The lowest BCUT2D eigenvalue weighted by molar-refractivity contribution is -0.385. The van der Waals surface area contributed by atoms with Crippen molar-refractivity contribution in [2.45, 2.75) is 130 Å². The molecule has 32 heavy (non-hydrogen) atoms. The molecule has 0 heterocycles. The van der Waals surface area contributed by atoms with Gasteiger partial charge >= 0.3 is 9.05 Å². The van der Waals surface area contributed by atoms with E-state index in [-0.39, 0.29) is 0 Å². The average molecular weight is 481 g/mol. The van der Waals surface area contributed by atoms with Gasteiger partial charge in [0.2, 0.25) is 0 Å². The maximum Gasteiger partial charge on any atom is 0.764 e. The van der Waals surface area contributed by atoms with Crippen LogP contribution in [0.4, 0.5) is 0 Å². The monoisotopic (exact) mass is 480 g/mol. The van der Waals surface area contributed by atoms with Crippen LogP contribution in [0.2, 0.25) is 0 Å². The third-order valence-corrected chi connectivity index (χ3v) is 6.64. The van der Waals surface area contributed by atoms with Gasteiger partial charge in [0.15, 0.2) is 0 Å². The molecule has 0 aromatic rings. The van der Waals surface area contributed by atoms with Gasteiger partial charge in [0.25, 0.3) is 0 Å². The van der Waals surface area contributed by atoms with E-state index in [1.54, 1.807) is 20.8 Å². The molecule has 0 saturated carbocycles. The van der Waals surface area contributed by atoms with Crippen LogP contribution in [-0.2, 0) is 32.8 Å². The molecule has 0 amide bonds. The fourth-order valence-electron chi connectivity index (χ4n) is 3.35. The predicted molar refractivity (Wildman–Crippen MR) is 129 cm³/mol. The lowest BCUT2D eigenvalue weighted by Crippen LogP contribution is -2.49. The summed E-state index contributed by atoms with van der Waals surface area (Å²) in [5.41, 5.74) is 0. The molecule has 0 aliphatic carbocycles. The Morgan fingerprint density at radius 2 is 0.719 bits per heavy atom. The van der Waals surface area contributed by atoms with Crippen molar-refractivity contribution >= 4 is 9.05 Å². The van der Waals surface area contributed by atoms with Crippen LogP contribution in [0, 0.1) is 0 Å². The zero-order chi connectivity index (χ0) is 23.6. The maximum absolute atomic E-state index is 5.75. The molecule has 8 heteroatoms. The highest BCUT2D eigenvalue weighted by atomic mass is 28.4. The van der Waals surface area contributed by atoms with Gasteiger partial charge in [0.1, 0.15) is 0 Å². The molecule has 0 N–H and O–H groups in total. The van der Waals surface area contributed by atoms with E-state index in [2.05, 4.69) is 6.92 Å². The van der Waals surface area contributed by atoms with E-state index in [0.29, 0.717) is 26.4 Å². The Hall–Kier alpha value is -0.0631. The molecular formula is C24H52O7Si. The number of rotatable bonds is 27. The van der Waals surface area contributed by atoms with E-state index >= 15 is 0 Å². The molecular weight excluding hydrogens is 428 g/mol. The highest BCUT2D eigenvalue weighted by molar-refractivity contribution is 6.52. The minimum Gasteiger partial charge on any atom is -0.347 e. The van der Waals surface area contributed by atoms with Crippen molar-refractivity contribution in [1.82, 2.24) is 0 Å². The summed E-state index contributed by atoms with van der Waals surface area (Å²) in [6, 6.07) is 0. The van der Waals surface area contributed by atoms with Gasteiger partial charge in [-0.1, -0.05) is 103 Å². The van der Waals surface area contributed by atoms with Crippen LogP contribution >= 0.6 is 0 Å². The molecule has 0 aromatic carbocycles. The van der Waals surface area contributed by atoms with Crippen molar-refractivity contribution in [2.75, 3.05) is 26.4 Å². The van der Waals surface area contributed by atoms with Gasteiger partial charge in [-0.2, -0.15) is 13.7 Å². The number of hydrogen-bond donors (Lipinski definition) is 0. The van der Waals surface area contributed by atoms with E-state index < -0.39 is 9.05 Å². The Labute approximate surface area is 199 Å². The van der Waals surface area contributed by atoms with E-state index in [9.17, 15) is 0 Å². The van der Waals surface area contributed by atoms with Gasteiger partial charge in [-0.15, -0.1) is 0 Å².